The Labute approximate surface area is 69.4 Å². The van der Waals surface area contributed by atoms with E-state index in [9.17, 15) is 4.79 Å². The summed E-state index contributed by atoms with van der Waals surface area (Å²) in [7, 11) is 0. The first-order valence-corrected chi connectivity index (χ1v) is 3.65. The third kappa shape index (κ3) is 0.993. The molecule has 60 valence electrons. The molecule has 0 bridgehead atoms. The van der Waals surface area contributed by atoms with E-state index in [-0.39, 0.29) is 18.0 Å². The monoisotopic (exact) mass is 161 g/mol. The average molecular weight is 161 g/mol. The fraction of sp³-hybridized carbons (Fsp3) is 0.111. The molecular formula is C9H7NO2. The quantitative estimate of drug-likeness (QED) is 0.628. The van der Waals surface area contributed by atoms with Crippen LogP contribution in [0.15, 0.2) is 24.1 Å². The molecule has 0 saturated heterocycles. The molecule has 12 heavy (non-hydrogen) atoms. The summed E-state index contributed by atoms with van der Waals surface area (Å²) in [6.45, 7) is 0. The Bertz CT molecular complexity index is 369. The highest BCUT2D eigenvalue weighted by atomic mass is 16.3. The van der Waals surface area contributed by atoms with Crippen molar-refractivity contribution >= 4 is 11.9 Å². The fourth-order valence-corrected chi connectivity index (χ4v) is 1.24. The number of hydrogen-bond donors (Lipinski definition) is 1. The topological polar surface area (TPSA) is 50.2 Å². The van der Waals surface area contributed by atoms with Gasteiger partial charge in [-0.15, -0.1) is 0 Å². The summed E-state index contributed by atoms with van der Waals surface area (Å²) < 4.78 is 0. The summed E-state index contributed by atoms with van der Waals surface area (Å²) >= 11 is 0. The van der Waals surface area contributed by atoms with Crippen LogP contribution in [-0.2, 0) is 0 Å². The third-order valence-electron chi connectivity index (χ3n) is 1.78. The summed E-state index contributed by atoms with van der Waals surface area (Å²) in [5.41, 5.74) is 1.15. The number of aliphatic hydroxyl groups is 1. The molecule has 1 heterocycles. The Morgan fingerprint density at radius 3 is 3.17 bits per heavy atom. The van der Waals surface area contributed by atoms with Crippen LogP contribution in [0.5, 0.6) is 0 Å². The van der Waals surface area contributed by atoms with E-state index in [1.54, 1.807) is 18.3 Å². The van der Waals surface area contributed by atoms with Gasteiger partial charge < -0.3 is 5.11 Å². The van der Waals surface area contributed by atoms with Crippen LogP contribution in [0, 0.1) is 0 Å². The lowest BCUT2D eigenvalue weighted by Crippen LogP contribution is -2.09. The highest BCUT2D eigenvalue weighted by Gasteiger charge is 2.17. The molecule has 3 heteroatoms. The van der Waals surface area contributed by atoms with Gasteiger partial charge in [-0.1, -0.05) is 0 Å². The number of Topliss-reactive ketones (excluding diaryl/α,β-unsaturated/α-hetero) is 1. The van der Waals surface area contributed by atoms with Gasteiger partial charge in [0.2, 0.25) is 0 Å². The van der Waals surface area contributed by atoms with Gasteiger partial charge in [-0.25, -0.2) is 0 Å². The van der Waals surface area contributed by atoms with Gasteiger partial charge in [0.1, 0.15) is 5.76 Å². The standard InChI is InChI=1S/C9H7NO2/c11-6-4-8-7(9(12)5-6)2-1-3-10-8/h1-4,11H,5H2. The zero-order valence-corrected chi connectivity index (χ0v) is 6.32. The molecule has 3 nitrogen and oxygen atoms in total. The van der Waals surface area contributed by atoms with Crippen LogP contribution in [0.4, 0.5) is 0 Å². The van der Waals surface area contributed by atoms with Gasteiger partial charge in [0.05, 0.1) is 12.1 Å². The Balaban J connectivity index is 2.62. The molecule has 2 rings (SSSR count). The number of pyridine rings is 1. The number of aromatic nitrogens is 1. The molecule has 1 aromatic heterocycles. The maximum Gasteiger partial charge on any atom is 0.172 e. The van der Waals surface area contributed by atoms with Crippen molar-refractivity contribution in [1.29, 1.82) is 0 Å². The Hall–Kier alpha value is -1.64. The highest BCUT2D eigenvalue weighted by molar-refractivity contribution is 6.02. The number of rotatable bonds is 0. The molecule has 0 atom stereocenters. The number of ketones is 1. The minimum Gasteiger partial charge on any atom is -0.512 e. The Morgan fingerprint density at radius 2 is 2.33 bits per heavy atom. The predicted molar refractivity (Wildman–Crippen MR) is 43.8 cm³/mol. The molecule has 0 aromatic carbocycles. The van der Waals surface area contributed by atoms with E-state index in [1.807, 2.05) is 0 Å². The van der Waals surface area contributed by atoms with E-state index >= 15 is 0 Å². The SMILES string of the molecule is O=C1CC(O)=Cc2ncccc21. The Kier molecular flexibility index (Phi) is 1.43. The van der Waals surface area contributed by atoms with Crippen molar-refractivity contribution in [2.75, 3.05) is 0 Å². The van der Waals surface area contributed by atoms with Gasteiger partial charge in [0.15, 0.2) is 5.78 Å². The summed E-state index contributed by atoms with van der Waals surface area (Å²) in [6.07, 6.45) is 3.22. The maximum absolute atomic E-state index is 11.3. The van der Waals surface area contributed by atoms with Gasteiger partial charge in [-0.2, -0.15) is 0 Å². The summed E-state index contributed by atoms with van der Waals surface area (Å²) in [4.78, 5) is 15.2. The predicted octanol–water partition coefficient (Wildman–Crippen LogP) is 1.57. The van der Waals surface area contributed by atoms with Gasteiger partial charge in [-0.05, 0) is 12.1 Å². The van der Waals surface area contributed by atoms with Crippen LogP contribution in [0.2, 0.25) is 0 Å². The van der Waals surface area contributed by atoms with Gasteiger partial charge in [0, 0.05) is 17.8 Å². The zero-order chi connectivity index (χ0) is 8.55. The summed E-state index contributed by atoms with van der Waals surface area (Å²) in [5.74, 6) is 0.0179. The van der Waals surface area contributed by atoms with Gasteiger partial charge >= 0.3 is 0 Å². The minimum atomic E-state index is -0.0712. The second-order valence-electron chi connectivity index (χ2n) is 2.67. The Morgan fingerprint density at radius 1 is 1.50 bits per heavy atom. The van der Waals surface area contributed by atoms with E-state index in [4.69, 9.17) is 5.11 Å². The normalized spacial score (nSPS) is 15.3. The minimum absolute atomic E-state index is 0.0712. The number of nitrogens with zero attached hydrogens (tertiary/aromatic N) is 1. The van der Waals surface area contributed by atoms with Crippen LogP contribution in [0.3, 0.4) is 0 Å². The van der Waals surface area contributed by atoms with E-state index in [0.717, 1.165) is 0 Å². The van der Waals surface area contributed by atoms with Crippen molar-refractivity contribution in [3.05, 3.63) is 35.3 Å². The second-order valence-corrected chi connectivity index (χ2v) is 2.67. The molecule has 0 radical (unpaired) electrons. The second kappa shape index (κ2) is 2.44. The molecule has 1 aliphatic rings. The van der Waals surface area contributed by atoms with E-state index in [2.05, 4.69) is 4.98 Å². The molecule has 0 amide bonds. The summed E-state index contributed by atoms with van der Waals surface area (Å²) in [6, 6.07) is 3.43. The lowest BCUT2D eigenvalue weighted by Gasteiger charge is -2.09. The van der Waals surface area contributed by atoms with E-state index in [0.29, 0.717) is 11.3 Å². The number of allylic oxidation sites excluding steroid dienone is 1. The number of fused-ring (bicyclic) bond motifs is 1. The van der Waals surface area contributed by atoms with Crippen molar-refractivity contribution in [1.82, 2.24) is 4.98 Å². The first-order chi connectivity index (χ1) is 5.77. The van der Waals surface area contributed by atoms with Gasteiger partial charge in [-0.3, -0.25) is 9.78 Å². The average Bonchev–Trinajstić information content (AvgIpc) is 2.04. The van der Waals surface area contributed by atoms with Crippen molar-refractivity contribution in [3.63, 3.8) is 0 Å². The number of hydrogen-bond acceptors (Lipinski definition) is 3. The molecule has 1 aromatic rings. The maximum atomic E-state index is 11.3. The molecule has 0 fully saturated rings. The van der Waals surface area contributed by atoms with E-state index < -0.39 is 0 Å². The van der Waals surface area contributed by atoms with Crippen LogP contribution in [0.1, 0.15) is 22.5 Å². The molecule has 0 saturated carbocycles. The van der Waals surface area contributed by atoms with Crippen LogP contribution in [0.25, 0.3) is 6.08 Å². The van der Waals surface area contributed by atoms with Crippen molar-refractivity contribution < 1.29 is 9.90 Å². The van der Waals surface area contributed by atoms with Crippen LogP contribution < -0.4 is 0 Å². The summed E-state index contributed by atoms with van der Waals surface area (Å²) in [5, 5.41) is 9.13. The number of carbonyl (C=O) groups excluding carboxylic acids is 1. The van der Waals surface area contributed by atoms with Crippen molar-refractivity contribution in [3.8, 4) is 0 Å². The lowest BCUT2D eigenvalue weighted by molar-refractivity contribution is 0.0978. The van der Waals surface area contributed by atoms with Crippen LogP contribution >= 0.6 is 0 Å². The third-order valence-corrected chi connectivity index (χ3v) is 1.78. The van der Waals surface area contributed by atoms with Crippen molar-refractivity contribution in [2.24, 2.45) is 0 Å². The molecular weight excluding hydrogens is 154 g/mol. The highest BCUT2D eigenvalue weighted by Crippen LogP contribution is 2.19. The lowest BCUT2D eigenvalue weighted by atomic mass is 10.00. The first-order valence-electron chi connectivity index (χ1n) is 3.65. The fourth-order valence-electron chi connectivity index (χ4n) is 1.24. The van der Waals surface area contributed by atoms with E-state index in [1.165, 1.54) is 6.08 Å². The molecule has 1 N–H and O–H groups in total. The first kappa shape index (κ1) is 7.03. The molecule has 0 aliphatic heterocycles. The van der Waals surface area contributed by atoms with Gasteiger partial charge in [0.25, 0.3) is 0 Å². The molecule has 1 aliphatic carbocycles. The molecule has 0 spiro atoms. The van der Waals surface area contributed by atoms with Crippen LogP contribution in [-0.4, -0.2) is 15.9 Å². The number of carbonyl (C=O) groups is 1. The zero-order valence-electron chi connectivity index (χ0n) is 6.32. The number of aliphatic hydroxyl groups excluding tert-OH is 1. The van der Waals surface area contributed by atoms with Crippen molar-refractivity contribution in [2.45, 2.75) is 6.42 Å². The molecule has 0 unspecified atom stereocenters. The smallest absolute Gasteiger partial charge is 0.172 e. The largest absolute Gasteiger partial charge is 0.512 e.